The lowest BCUT2D eigenvalue weighted by molar-refractivity contribution is -0.128. The van der Waals surface area contributed by atoms with Crippen LogP contribution in [0.1, 0.15) is 66.3 Å². The molecule has 1 heterocycles. The Balaban J connectivity index is 0.000000234. The first-order valence-corrected chi connectivity index (χ1v) is 11.2. The minimum absolute atomic E-state index is 0.104. The molecule has 3 rings (SSSR count). The van der Waals surface area contributed by atoms with Crippen LogP contribution >= 0.6 is 0 Å². The van der Waals surface area contributed by atoms with Crippen molar-refractivity contribution in [3.63, 3.8) is 0 Å². The fourth-order valence-corrected chi connectivity index (χ4v) is 3.85. The summed E-state index contributed by atoms with van der Waals surface area (Å²) >= 11 is 0. The van der Waals surface area contributed by atoms with Crippen LogP contribution in [0.2, 0.25) is 0 Å². The Morgan fingerprint density at radius 2 is 1.36 bits per heavy atom. The Hall–Kier alpha value is -3.48. The van der Waals surface area contributed by atoms with Gasteiger partial charge in [-0.3, -0.25) is 14.9 Å². The second kappa shape index (κ2) is 12.5. The van der Waals surface area contributed by atoms with Crippen LogP contribution < -0.4 is 5.32 Å². The number of hydrogen-bond donors (Lipinski definition) is 1. The highest BCUT2D eigenvalue weighted by atomic mass is 16.5. The monoisotopic (exact) mass is 453 g/mol. The minimum atomic E-state index is -0.521. The molecular weight excluding hydrogens is 422 g/mol. The third kappa shape index (κ3) is 7.00. The van der Waals surface area contributed by atoms with E-state index in [1.165, 1.54) is 0 Å². The number of ether oxygens (including phenoxy) is 2. The number of esters is 2. The molecule has 0 saturated carbocycles. The molecule has 2 aromatic rings. The van der Waals surface area contributed by atoms with Gasteiger partial charge in [0.25, 0.3) is 0 Å². The summed E-state index contributed by atoms with van der Waals surface area (Å²) in [5.74, 6) is -1.26. The van der Waals surface area contributed by atoms with Crippen LogP contribution in [0.3, 0.4) is 0 Å². The van der Waals surface area contributed by atoms with Gasteiger partial charge in [0.05, 0.1) is 29.8 Å². The van der Waals surface area contributed by atoms with Crippen LogP contribution in [0.5, 0.6) is 0 Å². The van der Waals surface area contributed by atoms with Crippen molar-refractivity contribution in [1.29, 1.82) is 0 Å². The van der Waals surface area contributed by atoms with Crippen LogP contribution in [-0.4, -0.2) is 37.0 Å². The van der Waals surface area contributed by atoms with E-state index >= 15 is 0 Å². The number of imide groups is 1. The number of nitrogens with one attached hydrogen (secondary N) is 1. The highest BCUT2D eigenvalue weighted by Gasteiger charge is 2.45. The standard InChI is InChI=1S/C14H17NO2.C12H14O4/c1-2-8-14(10-12(16)15-13(14)17)9-11-6-4-3-5-7-11;1-3-15-11(13)9-7-5-6-8-10(9)12(14)16-4-2/h3-7H,2,8-10H2,1H3,(H,15,16,17);5-8H,3-4H2,1-2H3. The van der Waals surface area contributed by atoms with Crippen molar-refractivity contribution in [2.45, 2.75) is 46.5 Å². The van der Waals surface area contributed by atoms with Gasteiger partial charge in [0.1, 0.15) is 0 Å². The lowest BCUT2D eigenvalue weighted by Gasteiger charge is -2.24. The number of amides is 2. The number of carbonyl (C=O) groups is 4. The fourth-order valence-electron chi connectivity index (χ4n) is 3.85. The maximum atomic E-state index is 12.0. The Bertz CT molecular complexity index is 935. The summed E-state index contributed by atoms with van der Waals surface area (Å²) < 4.78 is 9.70. The SMILES string of the molecule is CCCC1(Cc2ccccc2)CC(=O)NC1=O.CCOC(=O)c1ccccc1C(=O)OCC. The summed E-state index contributed by atoms with van der Waals surface area (Å²) in [5.41, 5.74) is 1.07. The van der Waals surface area contributed by atoms with E-state index in [4.69, 9.17) is 9.47 Å². The molecule has 33 heavy (non-hydrogen) atoms. The zero-order chi connectivity index (χ0) is 24.3. The molecule has 1 N–H and O–H groups in total. The molecule has 7 heteroatoms. The van der Waals surface area contributed by atoms with Gasteiger partial charge in [-0.15, -0.1) is 0 Å². The highest BCUT2D eigenvalue weighted by Crippen LogP contribution is 2.36. The maximum Gasteiger partial charge on any atom is 0.338 e. The molecule has 0 aromatic heterocycles. The minimum Gasteiger partial charge on any atom is -0.462 e. The van der Waals surface area contributed by atoms with Crippen molar-refractivity contribution in [3.8, 4) is 0 Å². The largest absolute Gasteiger partial charge is 0.462 e. The highest BCUT2D eigenvalue weighted by molar-refractivity contribution is 6.06. The molecular formula is C26H31NO6. The average Bonchev–Trinajstić information content (AvgIpc) is 3.07. The van der Waals surface area contributed by atoms with E-state index in [-0.39, 0.29) is 36.2 Å². The summed E-state index contributed by atoms with van der Waals surface area (Å²) in [4.78, 5) is 46.5. The summed E-state index contributed by atoms with van der Waals surface area (Å²) in [6, 6.07) is 16.3. The molecule has 1 saturated heterocycles. The first kappa shape index (κ1) is 25.8. The molecule has 7 nitrogen and oxygen atoms in total. The van der Waals surface area contributed by atoms with Gasteiger partial charge >= 0.3 is 11.9 Å². The van der Waals surface area contributed by atoms with Crippen molar-refractivity contribution in [2.24, 2.45) is 5.41 Å². The van der Waals surface area contributed by atoms with Gasteiger partial charge in [-0.2, -0.15) is 0 Å². The van der Waals surface area contributed by atoms with Crippen LogP contribution in [0.25, 0.3) is 0 Å². The number of rotatable bonds is 8. The van der Waals surface area contributed by atoms with Gasteiger partial charge in [0.2, 0.25) is 11.8 Å². The molecule has 0 spiro atoms. The molecule has 1 fully saturated rings. The lowest BCUT2D eigenvalue weighted by atomic mass is 9.76. The Morgan fingerprint density at radius 1 is 0.848 bits per heavy atom. The number of hydrogen-bond acceptors (Lipinski definition) is 6. The molecule has 0 aliphatic carbocycles. The van der Waals surface area contributed by atoms with Crippen molar-refractivity contribution in [1.82, 2.24) is 5.32 Å². The van der Waals surface area contributed by atoms with Gasteiger partial charge in [-0.1, -0.05) is 55.8 Å². The summed E-state index contributed by atoms with van der Waals surface area (Å²) in [6.07, 6.45) is 2.65. The van der Waals surface area contributed by atoms with Crippen molar-refractivity contribution >= 4 is 23.8 Å². The third-order valence-corrected chi connectivity index (χ3v) is 5.27. The molecule has 2 aromatic carbocycles. The van der Waals surface area contributed by atoms with Gasteiger partial charge in [0, 0.05) is 6.42 Å². The van der Waals surface area contributed by atoms with Gasteiger partial charge in [0.15, 0.2) is 0 Å². The van der Waals surface area contributed by atoms with Crippen LogP contribution in [0.4, 0.5) is 0 Å². The van der Waals surface area contributed by atoms with Crippen molar-refractivity contribution < 1.29 is 28.7 Å². The summed E-state index contributed by atoms with van der Waals surface area (Å²) in [5, 5.41) is 2.43. The van der Waals surface area contributed by atoms with E-state index in [1.807, 2.05) is 37.3 Å². The third-order valence-electron chi connectivity index (χ3n) is 5.27. The summed E-state index contributed by atoms with van der Waals surface area (Å²) in [6.45, 7) is 6.02. The Kier molecular flexibility index (Phi) is 9.79. The molecule has 0 bridgehead atoms. The molecule has 1 aliphatic rings. The van der Waals surface area contributed by atoms with E-state index in [0.717, 1.165) is 18.4 Å². The fraction of sp³-hybridized carbons (Fsp3) is 0.385. The normalized spacial score (nSPS) is 16.9. The molecule has 2 amide bonds. The topological polar surface area (TPSA) is 98.8 Å². The predicted octanol–water partition coefficient (Wildman–Crippen LogP) is 4.10. The lowest BCUT2D eigenvalue weighted by Crippen LogP contribution is -2.33. The van der Waals surface area contributed by atoms with E-state index in [2.05, 4.69) is 5.32 Å². The average molecular weight is 454 g/mol. The van der Waals surface area contributed by atoms with Gasteiger partial charge < -0.3 is 9.47 Å². The van der Waals surface area contributed by atoms with E-state index < -0.39 is 17.4 Å². The van der Waals surface area contributed by atoms with Crippen molar-refractivity contribution in [2.75, 3.05) is 13.2 Å². The Labute approximate surface area is 194 Å². The van der Waals surface area contributed by atoms with Crippen LogP contribution in [0.15, 0.2) is 54.6 Å². The smallest absolute Gasteiger partial charge is 0.338 e. The zero-order valence-electron chi connectivity index (χ0n) is 19.4. The van der Waals surface area contributed by atoms with Gasteiger partial charge in [-0.05, 0) is 44.4 Å². The van der Waals surface area contributed by atoms with E-state index in [1.54, 1.807) is 38.1 Å². The first-order valence-electron chi connectivity index (χ1n) is 11.2. The molecule has 1 atom stereocenters. The zero-order valence-corrected chi connectivity index (χ0v) is 19.4. The van der Waals surface area contributed by atoms with Crippen LogP contribution in [0, 0.1) is 5.41 Å². The van der Waals surface area contributed by atoms with Crippen LogP contribution in [-0.2, 0) is 25.5 Å². The van der Waals surface area contributed by atoms with E-state index in [0.29, 0.717) is 12.8 Å². The van der Waals surface area contributed by atoms with Crippen molar-refractivity contribution in [3.05, 3.63) is 71.3 Å². The first-order chi connectivity index (χ1) is 15.9. The molecule has 1 unspecified atom stereocenters. The molecule has 176 valence electrons. The number of benzene rings is 2. The second-order valence-corrected chi connectivity index (χ2v) is 7.73. The maximum absolute atomic E-state index is 12.0. The predicted molar refractivity (Wildman–Crippen MR) is 124 cm³/mol. The Morgan fingerprint density at radius 3 is 1.79 bits per heavy atom. The summed E-state index contributed by atoms with van der Waals surface area (Å²) in [7, 11) is 0. The number of carbonyl (C=O) groups excluding carboxylic acids is 4. The van der Waals surface area contributed by atoms with Gasteiger partial charge in [-0.25, -0.2) is 9.59 Å². The second-order valence-electron chi connectivity index (χ2n) is 7.73. The quantitative estimate of drug-likeness (QED) is 0.477. The molecule has 1 aliphatic heterocycles. The van der Waals surface area contributed by atoms with E-state index in [9.17, 15) is 19.2 Å². The molecule has 0 radical (unpaired) electrons.